The van der Waals surface area contributed by atoms with Crippen molar-refractivity contribution in [2.75, 3.05) is 61.5 Å². The first-order valence-corrected chi connectivity index (χ1v) is 17.0. The minimum Gasteiger partial charge on any atom is -0.382 e. The number of nitrogens with one attached hydrogen (secondary N) is 2. The van der Waals surface area contributed by atoms with Crippen LogP contribution in [0, 0.1) is 0 Å². The van der Waals surface area contributed by atoms with Gasteiger partial charge >= 0.3 is 6.18 Å². The third kappa shape index (κ3) is 6.74. The zero-order valence-electron chi connectivity index (χ0n) is 27.6. The highest BCUT2D eigenvalue weighted by Gasteiger charge is 2.33. The molecule has 2 amide bonds. The first-order chi connectivity index (χ1) is 24.5. The van der Waals surface area contributed by atoms with Gasteiger partial charge in [-0.3, -0.25) is 14.4 Å². The Balaban J connectivity index is 1.21. The van der Waals surface area contributed by atoms with E-state index in [1.54, 1.807) is 9.47 Å². The molecule has 1 saturated heterocycles. The van der Waals surface area contributed by atoms with Gasteiger partial charge in [-0.15, -0.1) is 5.10 Å². The van der Waals surface area contributed by atoms with Gasteiger partial charge in [-0.2, -0.15) is 22.7 Å². The average molecular weight is 727 g/mol. The first-order valence-electron chi connectivity index (χ1n) is 16.6. The predicted octanol–water partition coefficient (Wildman–Crippen LogP) is 3.68. The molecule has 0 saturated carbocycles. The lowest BCUT2D eigenvalue weighted by molar-refractivity contribution is -0.137. The highest BCUT2D eigenvalue weighted by Crippen LogP contribution is 2.34. The Hall–Kier alpha value is -5.03. The number of fused-ring (bicyclic) bond motifs is 2. The lowest BCUT2D eigenvalue weighted by Gasteiger charge is -2.37. The number of benzene rings is 1. The molecule has 3 aromatic heterocycles. The number of amides is 2. The van der Waals surface area contributed by atoms with Gasteiger partial charge in [-0.05, 0) is 49.5 Å². The van der Waals surface area contributed by atoms with Gasteiger partial charge in [-0.1, -0.05) is 24.6 Å². The van der Waals surface area contributed by atoms with Crippen molar-refractivity contribution in [3.63, 3.8) is 0 Å². The van der Waals surface area contributed by atoms with E-state index in [1.165, 1.54) is 10.8 Å². The van der Waals surface area contributed by atoms with Crippen LogP contribution in [-0.4, -0.2) is 91.8 Å². The number of carbonyl (C=O) groups is 2. The fraction of sp³-hybridized carbons (Fsp3) is 0.424. The summed E-state index contributed by atoms with van der Waals surface area (Å²) in [6, 6.07) is 2.68. The topological polar surface area (TPSA) is 152 Å². The molecule has 18 heteroatoms. The molecule has 0 atom stereocenters. The molecule has 1 aromatic carbocycles. The second-order valence-corrected chi connectivity index (χ2v) is 12.7. The van der Waals surface area contributed by atoms with E-state index in [9.17, 15) is 27.6 Å². The lowest BCUT2D eigenvalue weighted by atomic mass is 10.1. The molecule has 4 aromatic rings. The van der Waals surface area contributed by atoms with Crippen molar-refractivity contribution in [2.45, 2.75) is 45.3 Å². The number of aryl methyl sites for hydroxylation is 1. The number of carbonyl (C=O) groups excluding carboxylic acids is 2. The van der Waals surface area contributed by atoms with E-state index in [4.69, 9.17) is 16.3 Å². The smallest absolute Gasteiger partial charge is 0.382 e. The van der Waals surface area contributed by atoms with Crippen LogP contribution in [0.2, 0.25) is 5.02 Å². The van der Waals surface area contributed by atoms with E-state index in [0.29, 0.717) is 80.8 Å². The van der Waals surface area contributed by atoms with Crippen molar-refractivity contribution < 1.29 is 27.5 Å². The lowest BCUT2D eigenvalue weighted by Crippen LogP contribution is -2.51. The minimum absolute atomic E-state index is 0.000429. The summed E-state index contributed by atoms with van der Waals surface area (Å²) in [7, 11) is 0. The van der Waals surface area contributed by atoms with Crippen molar-refractivity contribution in [3.8, 4) is 0 Å². The molecule has 0 unspecified atom stereocenters. The molecule has 14 nitrogen and oxygen atoms in total. The van der Waals surface area contributed by atoms with Crippen LogP contribution in [0.3, 0.4) is 0 Å². The standard InChI is InChI=1S/C33H34ClF3N10O4/c1-2-24-28(44-10-12-45(13-11-44)30(49)27-26-23(39-18-40-27)4-3-9-38-26)31(50)47-32(42-29(43-47)19-7-14-51-15-8-19)46(24)17-25(48)41-22-6-5-20(16-21(22)34)33(35,36)37/h5-7,16,18,38H,2-4,8-15,17H2,1H3,(H,41,48). The number of anilines is 3. The summed E-state index contributed by atoms with van der Waals surface area (Å²) in [6.45, 7) is 4.31. The number of alkyl halides is 3. The Morgan fingerprint density at radius 1 is 1.12 bits per heavy atom. The third-order valence-electron chi connectivity index (χ3n) is 9.19. The number of nitrogens with zero attached hydrogens (tertiary/aromatic N) is 8. The molecule has 7 rings (SSSR count). The van der Waals surface area contributed by atoms with E-state index in [2.05, 4.69) is 30.7 Å². The zero-order valence-corrected chi connectivity index (χ0v) is 28.4. The maximum atomic E-state index is 14.2. The maximum absolute atomic E-state index is 14.2. The number of halogens is 4. The van der Waals surface area contributed by atoms with Crippen LogP contribution in [0.25, 0.3) is 11.4 Å². The van der Waals surface area contributed by atoms with Gasteiger partial charge < -0.3 is 29.7 Å². The molecule has 51 heavy (non-hydrogen) atoms. The van der Waals surface area contributed by atoms with E-state index in [1.807, 2.05) is 17.9 Å². The monoisotopic (exact) mass is 726 g/mol. The maximum Gasteiger partial charge on any atom is 0.416 e. The predicted molar refractivity (Wildman–Crippen MR) is 182 cm³/mol. The molecule has 268 valence electrons. The van der Waals surface area contributed by atoms with Crippen molar-refractivity contribution in [2.24, 2.45) is 0 Å². The molecule has 3 aliphatic heterocycles. The highest BCUT2D eigenvalue weighted by atomic mass is 35.5. The summed E-state index contributed by atoms with van der Waals surface area (Å²) < 4.78 is 47.8. The molecule has 2 N–H and O–H groups in total. The quantitative estimate of drug-likeness (QED) is 0.289. The average Bonchev–Trinajstić information content (AvgIpc) is 3.59. The van der Waals surface area contributed by atoms with Crippen molar-refractivity contribution >= 4 is 51.8 Å². The summed E-state index contributed by atoms with van der Waals surface area (Å²) in [5.74, 6) is -0.372. The molecule has 0 radical (unpaired) electrons. The highest BCUT2D eigenvalue weighted by molar-refractivity contribution is 6.33. The summed E-state index contributed by atoms with van der Waals surface area (Å²) in [6.07, 6.45) is 1.19. The van der Waals surface area contributed by atoms with Crippen LogP contribution in [0.15, 0.2) is 35.4 Å². The summed E-state index contributed by atoms with van der Waals surface area (Å²) in [5, 5.41) is 10.1. The zero-order chi connectivity index (χ0) is 35.9. The van der Waals surface area contributed by atoms with E-state index < -0.39 is 23.2 Å². The third-order valence-corrected chi connectivity index (χ3v) is 9.50. The van der Waals surface area contributed by atoms with Gasteiger partial charge in [0.2, 0.25) is 11.7 Å². The summed E-state index contributed by atoms with van der Waals surface area (Å²) in [4.78, 5) is 58.2. The van der Waals surface area contributed by atoms with Gasteiger partial charge in [0.1, 0.15) is 18.6 Å². The summed E-state index contributed by atoms with van der Waals surface area (Å²) >= 11 is 6.13. The SMILES string of the molecule is CCc1c(N2CCN(C(=O)c3ncnc4c3NCCC4)CC2)c(=O)n2nc(C3=CCOCC3)nc2n1CC(=O)Nc1ccc(C(F)(F)F)cc1Cl. The molecule has 0 bridgehead atoms. The van der Waals surface area contributed by atoms with Gasteiger partial charge in [0.25, 0.3) is 11.5 Å². The fourth-order valence-corrected chi connectivity index (χ4v) is 6.86. The fourth-order valence-electron chi connectivity index (χ4n) is 6.63. The van der Waals surface area contributed by atoms with Crippen molar-refractivity contribution in [1.82, 2.24) is 34.0 Å². The number of ether oxygens (including phenoxy) is 1. The Labute approximate surface area is 294 Å². The van der Waals surface area contributed by atoms with Crippen LogP contribution in [0.5, 0.6) is 0 Å². The van der Waals surface area contributed by atoms with E-state index in [0.717, 1.165) is 48.9 Å². The number of hydrogen-bond donors (Lipinski definition) is 2. The van der Waals surface area contributed by atoms with Crippen LogP contribution in [0.4, 0.5) is 30.2 Å². The number of aromatic nitrogens is 6. The number of piperazine rings is 1. The van der Waals surface area contributed by atoms with Crippen LogP contribution in [0.1, 0.15) is 53.0 Å². The first kappa shape index (κ1) is 34.4. The Morgan fingerprint density at radius 2 is 1.92 bits per heavy atom. The van der Waals surface area contributed by atoms with Gasteiger partial charge in [0.05, 0.1) is 46.6 Å². The molecule has 3 aliphatic rings. The molecular formula is C33H34ClF3N10O4. The molecule has 6 heterocycles. The van der Waals surface area contributed by atoms with Crippen LogP contribution in [-0.2, 0) is 35.1 Å². The molecule has 0 aliphatic carbocycles. The number of hydrogen-bond acceptors (Lipinski definition) is 10. The molecule has 0 spiro atoms. The van der Waals surface area contributed by atoms with Gasteiger partial charge in [0.15, 0.2) is 11.5 Å². The summed E-state index contributed by atoms with van der Waals surface area (Å²) in [5.41, 5.74) is 2.05. The van der Waals surface area contributed by atoms with E-state index >= 15 is 0 Å². The van der Waals surface area contributed by atoms with Gasteiger partial charge in [0, 0.05) is 32.7 Å². The second kappa shape index (κ2) is 13.9. The minimum atomic E-state index is -4.60. The van der Waals surface area contributed by atoms with Crippen LogP contribution < -0.4 is 21.1 Å². The van der Waals surface area contributed by atoms with E-state index in [-0.39, 0.29) is 28.9 Å². The largest absolute Gasteiger partial charge is 0.416 e. The second-order valence-electron chi connectivity index (χ2n) is 12.3. The van der Waals surface area contributed by atoms with Crippen molar-refractivity contribution in [3.05, 3.63) is 74.4 Å². The normalized spacial score (nSPS) is 16.5. The van der Waals surface area contributed by atoms with Gasteiger partial charge in [-0.25, -0.2) is 9.97 Å². The number of rotatable bonds is 7. The molecule has 1 fully saturated rings. The van der Waals surface area contributed by atoms with Crippen LogP contribution >= 0.6 is 11.6 Å². The molecular weight excluding hydrogens is 693 g/mol. The Bertz CT molecular complexity index is 2110. The Morgan fingerprint density at radius 3 is 2.63 bits per heavy atom. The van der Waals surface area contributed by atoms with Crippen molar-refractivity contribution in [1.29, 1.82) is 0 Å². The Kier molecular flexibility index (Phi) is 9.41.